The normalized spacial score (nSPS) is 18.0. The lowest BCUT2D eigenvalue weighted by molar-refractivity contribution is -0.120. The summed E-state index contributed by atoms with van der Waals surface area (Å²) in [5.74, 6) is -2.95. The average Bonchev–Trinajstić information content (AvgIpc) is 2.49. The quantitative estimate of drug-likeness (QED) is 0.666. The van der Waals surface area contributed by atoms with Crippen molar-refractivity contribution in [3.8, 4) is 0 Å². The number of hydrogen-bond donors (Lipinski definition) is 2. The molecule has 0 atom stereocenters. The number of carbonyl (C=O) groups is 2. The summed E-state index contributed by atoms with van der Waals surface area (Å²) in [7, 11) is 0. The van der Waals surface area contributed by atoms with Crippen LogP contribution in [0.25, 0.3) is 11.9 Å². The van der Waals surface area contributed by atoms with Crippen LogP contribution < -0.4 is 10.4 Å². The highest BCUT2D eigenvalue weighted by atomic mass is 16.6. The minimum Gasteiger partial charge on any atom is -0.480 e. The van der Waals surface area contributed by atoms with E-state index in [4.69, 9.17) is 9.47 Å². The number of ketones is 2. The summed E-state index contributed by atoms with van der Waals surface area (Å²) >= 11 is 0. The molecular weight excluding hydrogens is 276 g/mol. The van der Waals surface area contributed by atoms with Crippen LogP contribution in [0.5, 0.6) is 0 Å². The average molecular weight is 286 g/mol. The number of carbonyl (C=O) groups excluding carboxylic acids is 2. The predicted octanol–water partition coefficient (Wildman–Crippen LogP) is 0.291. The lowest BCUT2D eigenvalue weighted by Gasteiger charge is -2.16. The molecular formula is C15H10O6. The molecule has 0 spiro atoms. The molecule has 2 N–H and O–H groups in total. The minimum absolute atomic E-state index is 0.0494. The Morgan fingerprint density at radius 1 is 0.905 bits per heavy atom. The van der Waals surface area contributed by atoms with Gasteiger partial charge in [-0.15, -0.1) is 0 Å². The number of aliphatic hydroxyl groups is 2. The summed E-state index contributed by atoms with van der Waals surface area (Å²) in [5, 5.41) is 20.4. The molecule has 4 bridgehead atoms. The molecule has 0 fully saturated rings. The highest BCUT2D eigenvalue weighted by Crippen LogP contribution is 2.24. The highest BCUT2D eigenvalue weighted by Gasteiger charge is 2.31. The van der Waals surface area contributed by atoms with E-state index in [1.54, 1.807) is 0 Å². The van der Waals surface area contributed by atoms with Gasteiger partial charge in [0.2, 0.25) is 0 Å². The summed E-state index contributed by atoms with van der Waals surface area (Å²) in [6, 6.07) is 5.92. The van der Waals surface area contributed by atoms with Crippen LogP contribution in [0, 0.1) is 0 Å². The second-order valence-corrected chi connectivity index (χ2v) is 4.55. The summed E-state index contributed by atoms with van der Waals surface area (Å²) in [5.41, 5.74) is 0.0494. The maximum Gasteiger partial charge on any atom is 0.289 e. The topological polar surface area (TPSA) is 93.1 Å². The number of allylic oxidation sites excluding steroid dienone is 2. The van der Waals surface area contributed by atoms with Crippen LogP contribution in [0.3, 0.4) is 0 Å². The van der Waals surface area contributed by atoms with E-state index in [-0.39, 0.29) is 17.1 Å². The lowest BCUT2D eigenvalue weighted by Crippen LogP contribution is -2.22. The van der Waals surface area contributed by atoms with Gasteiger partial charge >= 0.3 is 0 Å². The Hall–Kier alpha value is -3.02. The van der Waals surface area contributed by atoms with Gasteiger partial charge in [-0.25, -0.2) is 0 Å². The SMILES string of the molecule is CC1=C2OC(O)=c3ccc(cc3)=C(O)OC(=CC1=O)C2=O. The Labute approximate surface area is 118 Å². The number of benzene rings is 1. The van der Waals surface area contributed by atoms with Gasteiger partial charge in [-0.05, 0) is 31.2 Å². The first-order chi connectivity index (χ1) is 9.97. The Kier molecular flexibility index (Phi) is 2.79. The first-order valence-electron chi connectivity index (χ1n) is 6.07. The molecule has 106 valence electrons. The molecule has 1 aromatic carbocycles. The Balaban J connectivity index is 2.32. The van der Waals surface area contributed by atoms with Crippen LogP contribution in [0.1, 0.15) is 6.92 Å². The number of fused-ring (bicyclic) bond motifs is 4. The van der Waals surface area contributed by atoms with Crippen LogP contribution in [0.2, 0.25) is 0 Å². The predicted molar refractivity (Wildman–Crippen MR) is 70.7 cm³/mol. The van der Waals surface area contributed by atoms with E-state index >= 15 is 0 Å². The van der Waals surface area contributed by atoms with Gasteiger partial charge in [0.1, 0.15) is 0 Å². The van der Waals surface area contributed by atoms with Crippen LogP contribution in [-0.2, 0) is 19.1 Å². The van der Waals surface area contributed by atoms with E-state index in [0.717, 1.165) is 6.08 Å². The van der Waals surface area contributed by atoms with Gasteiger partial charge in [-0.3, -0.25) is 9.59 Å². The van der Waals surface area contributed by atoms with Gasteiger partial charge in [-0.2, -0.15) is 0 Å². The van der Waals surface area contributed by atoms with E-state index in [2.05, 4.69) is 0 Å². The van der Waals surface area contributed by atoms with E-state index in [0.29, 0.717) is 10.4 Å². The van der Waals surface area contributed by atoms with E-state index in [9.17, 15) is 19.8 Å². The highest BCUT2D eigenvalue weighted by molar-refractivity contribution is 6.21. The zero-order valence-electron chi connectivity index (χ0n) is 10.9. The molecule has 0 saturated heterocycles. The fraction of sp³-hybridized carbons (Fsp3) is 0.0667. The van der Waals surface area contributed by atoms with E-state index < -0.39 is 23.5 Å². The number of aliphatic hydroxyl groups excluding tert-OH is 2. The van der Waals surface area contributed by atoms with Gasteiger partial charge < -0.3 is 19.7 Å². The van der Waals surface area contributed by atoms with Crippen molar-refractivity contribution >= 4 is 23.5 Å². The van der Waals surface area contributed by atoms with Crippen LogP contribution in [0.15, 0.2) is 47.4 Å². The Bertz CT molecular complexity index is 833. The first kappa shape index (κ1) is 13.0. The molecule has 6 nitrogen and oxygen atoms in total. The number of Topliss-reactive ketones (excluding diaryl/α,β-unsaturated/α-hetero) is 1. The van der Waals surface area contributed by atoms with Crippen LogP contribution >= 0.6 is 0 Å². The number of hydrogen-bond acceptors (Lipinski definition) is 6. The molecule has 0 aromatic heterocycles. The standard InChI is InChI=1S/C15H10O6/c1-7-10(16)6-11-12(17)13(7)21-15(19)9-4-2-8(3-5-9)14(18)20-11/h2-6,18-19H,1H3. The number of rotatable bonds is 0. The smallest absolute Gasteiger partial charge is 0.289 e. The summed E-state index contributed by atoms with van der Waals surface area (Å²) in [4.78, 5) is 24.0. The lowest BCUT2D eigenvalue weighted by atomic mass is 10.0. The van der Waals surface area contributed by atoms with Crippen molar-refractivity contribution in [1.82, 2.24) is 0 Å². The maximum atomic E-state index is 12.2. The monoisotopic (exact) mass is 286 g/mol. The molecule has 0 unspecified atom stereocenters. The van der Waals surface area contributed by atoms with Gasteiger partial charge in [0, 0.05) is 11.6 Å². The van der Waals surface area contributed by atoms with Crippen molar-refractivity contribution in [2.75, 3.05) is 0 Å². The second-order valence-electron chi connectivity index (χ2n) is 4.55. The molecule has 2 heterocycles. The Morgan fingerprint density at radius 2 is 1.43 bits per heavy atom. The summed E-state index contributed by atoms with van der Waals surface area (Å²) in [6.45, 7) is 1.40. The first-order valence-corrected chi connectivity index (χ1v) is 6.07. The van der Waals surface area contributed by atoms with Gasteiger partial charge in [0.25, 0.3) is 17.7 Å². The second kappa shape index (κ2) is 4.52. The van der Waals surface area contributed by atoms with E-state index in [1.807, 2.05) is 0 Å². The largest absolute Gasteiger partial charge is 0.480 e. The van der Waals surface area contributed by atoms with E-state index in [1.165, 1.54) is 31.2 Å². The zero-order chi connectivity index (χ0) is 15.1. The molecule has 0 radical (unpaired) electrons. The summed E-state index contributed by atoms with van der Waals surface area (Å²) < 4.78 is 10.2. The third kappa shape index (κ3) is 2.06. The summed E-state index contributed by atoms with van der Waals surface area (Å²) in [6.07, 6.45) is 0.975. The third-order valence-corrected chi connectivity index (χ3v) is 3.19. The van der Waals surface area contributed by atoms with Gasteiger partial charge in [0.05, 0.1) is 10.4 Å². The number of ether oxygens (including phenoxy) is 2. The molecule has 0 saturated carbocycles. The third-order valence-electron chi connectivity index (χ3n) is 3.19. The van der Waals surface area contributed by atoms with Crippen molar-refractivity contribution in [3.05, 3.63) is 57.9 Å². The molecule has 2 aliphatic heterocycles. The van der Waals surface area contributed by atoms with Crippen LogP contribution in [-0.4, -0.2) is 21.8 Å². The minimum atomic E-state index is -0.729. The van der Waals surface area contributed by atoms with Gasteiger partial charge in [0.15, 0.2) is 17.3 Å². The van der Waals surface area contributed by atoms with Crippen molar-refractivity contribution in [1.29, 1.82) is 0 Å². The fourth-order valence-corrected chi connectivity index (χ4v) is 1.96. The van der Waals surface area contributed by atoms with Crippen molar-refractivity contribution in [2.45, 2.75) is 6.92 Å². The molecule has 1 aliphatic carbocycles. The molecule has 3 aliphatic rings. The van der Waals surface area contributed by atoms with Crippen LogP contribution in [0.4, 0.5) is 0 Å². The maximum absolute atomic E-state index is 12.2. The van der Waals surface area contributed by atoms with Crippen molar-refractivity contribution in [3.63, 3.8) is 0 Å². The van der Waals surface area contributed by atoms with Gasteiger partial charge in [-0.1, -0.05) is 0 Å². The fourth-order valence-electron chi connectivity index (χ4n) is 1.96. The molecule has 4 rings (SSSR count). The van der Waals surface area contributed by atoms with Crippen molar-refractivity contribution < 1.29 is 29.3 Å². The molecule has 6 heteroatoms. The molecule has 0 amide bonds. The zero-order valence-corrected chi connectivity index (χ0v) is 10.9. The molecule has 21 heavy (non-hydrogen) atoms. The Morgan fingerprint density at radius 3 is 2.00 bits per heavy atom. The molecule has 1 aromatic rings. The van der Waals surface area contributed by atoms with Crippen molar-refractivity contribution in [2.24, 2.45) is 0 Å².